The Morgan fingerprint density at radius 2 is 0.902 bits per heavy atom. The van der Waals surface area contributed by atoms with Crippen LogP contribution in [0, 0.1) is 0 Å². The molecule has 0 saturated carbocycles. The van der Waals surface area contributed by atoms with Gasteiger partial charge < -0.3 is 13.4 Å². The van der Waals surface area contributed by atoms with Gasteiger partial charge in [-0.15, -0.1) is 0 Å². The number of rotatable bonds is 4. The quantitative estimate of drug-likeness (QED) is 0.189. The number of fused-ring (bicyclic) bond motifs is 10. The molecule has 0 aliphatic carbocycles. The first-order chi connectivity index (χ1) is 25.3. The van der Waals surface area contributed by atoms with Gasteiger partial charge in [-0.05, 0) is 36.4 Å². The molecule has 0 amide bonds. The first-order valence-electron chi connectivity index (χ1n) is 17.0. The Bertz CT molecular complexity index is 3030. The lowest BCUT2D eigenvalue weighted by molar-refractivity contribution is 0.661. The van der Waals surface area contributed by atoms with Gasteiger partial charge in [-0.3, -0.25) is 0 Å². The highest BCUT2D eigenvalue weighted by atomic mass is 16.3. The van der Waals surface area contributed by atoms with Gasteiger partial charge in [-0.2, -0.15) is 0 Å². The van der Waals surface area contributed by atoms with Crippen molar-refractivity contribution in [1.82, 2.24) is 19.5 Å². The number of hydrogen-bond donors (Lipinski definition) is 0. The summed E-state index contributed by atoms with van der Waals surface area (Å²) in [7, 11) is 0. The molecule has 11 aromatic rings. The van der Waals surface area contributed by atoms with Crippen LogP contribution in [-0.4, -0.2) is 19.5 Å². The van der Waals surface area contributed by atoms with E-state index >= 15 is 0 Å². The van der Waals surface area contributed by atoms with Crippen molar-refractivity contribution >= 4 is 65.7 Å². The molecule has 51 heavy (non-hydrogen) atoms. The Morgan fingerprint density at radius 3 is 1.57 bits per heavy atom. The van der Waals surface area contributed by atoms with Gasteiger partial charge in [0.15, 0.2) is 23.1 Å². The molecule has 6 heteroatoms. The van der Waals surface area contributed by atoms with Gasteiger partial charge in [0.05, 0.1) is 16.7 Å². The Hall–Kier alpha value is -7.05. The fraction of sp³-hybridized carbons (Fsp3) is 0. The molecule has 0 bridgehead atoms. The average molecular weight is 655 g/mol. The van der Waals surface area contributed by atoms with Crippen LogP contribution in [0.4, 0.5) is 0 Å². The Kier molecular flexibility index (Phi) is 5.86. The number of hydrogen-bond acceptors (Lipinski definition) is 5. The van der Waals surface area contributed by atoms with Gasteiger partial charge >= 0.3 is 0 Å². The van der Waals surface area contributed by atoms with Crippen LogP contribution in [0.25, 0.3) is 106 Å². The minimum Gasteiger partial charge on any atom is -0.456 e. The van der Waals surface area contributed by atoms with Crippen molar-refractivity contribution in [3.05, 3.63) is 158 Å². The fourth-order valence-corrected chi connectivity index (χ4v) is 7.66. The molecule has 0 aliphatic rings. The van der Waals surface area contributed by atoms with E-state index in [4.69, 9.17) is 23.8 Å². The van der Waals surface area contributed by atoms with Gasteiger partial charge in [0, 0.05) is 49.0 Å². The van der Waals surface area contributed by atoms with Crippen LogP contribution >= 0.6 is 0 Å². The maximum absolute atomic E-state index is 6.83. The zero-order valence-corrected chi connectivity index (χ0v) is 27.1. The summed E-state index contributed by atoms with van der Waals surface area (Å²) in [6.07, 6.45) is 0. The molecule has 0 fully saturated rings. The van der Waals surface area contributed by atoms with E-state index in [2.05, 4.69) is 77.4 Å². The van der Waals surface area contributed by atoms with Crippen LogP contribution < -0.4 is 0 Å². The molecule has 0 unspecified atom stereocenters. The summed E-state index contributed by atoms with van der Waals surface area (Å²) in [5.74, 6) is 1.80. The molecule has 0 saturated heterocycles. The molecule has 0 spiro atoms. The van der Waals surface area contributed by atoms with Crippen LogP contribution in [-0.2, 0) is 0 Å². The molecule has 0 N–H and O–H groups in total. The molecule has 4 aromatic heterocycles. The summed E-state index contributed by atoms with van der Waals surface area (Å²) in [6, 6.07) is 53.7. The van der Waals surface area contributed by atoms with E-state index in [1.54, 1.807) is 0 Å². The van der Waals surface area contributed by atoms with Crippen molar-refractivity contribution in [2.24, 2.45) is 0 Å². The fourth-order valence-electron chi connectivity index (χ4n) is 7.66. The Balaban J connectivity index is 1.21. The zero-order chi connectivity index (χ0) is 33.5. The second-order valence-electron chi connectivity index (χ2n) is 12.8. The molecule has 7 aromatic carbocycles. The van der Waals surface area contributed by atoms with Crippen molar-refractivity contribution in [1.29, 1.82) is 0 Å². The summed E-state index contributed by atoms with van der Waals surface area (Å²) in [5, 5.41) is 6.33. The van der Waals surface area contributed by atoms with Crippen molar-refractivity contribution in [3.8, 4) is 39.9 Å². The van der Waals surface area contributed by atoms with Gasteiger partial charge in [0.1, 0.15) is 16.7 Å². The van der Waals surface area contributed by atoms with Crippen LogP contribution in [0.15, 0.2) is 167 Å². The topological polar surface area (TPSA) is 69.9 Å². The molecule has 0 atom stereocenters. The van der Waals surface area contributed by atoms with Crippen molar-refractivity contribution in [2.45, 2.75) is 0 Å². The predicted molar refractivity (Wildman–Crippen MR) is 205 cm³/mol. The lowest BCUT2D eigenvalue weighted by Gasteiger charge is -2.09. The second kappa shape index (κ2) is 10.7. The first-order valence-corrected chi connectivity index (χ1v) is 17.0. The number of benzene rings is 7. The van der Waals surface area contributed by atoms with E-state index in [0.717, 1.165) is 77.3 Å². The van der Waals surface area contributed by atoms with Gasteiger partial charge in [0.25, 0.3) is 0 Å². The summed E-state index contributed by atoms with van der Waals surface area (Å²) < 4.78 is 15.7. The third-order valence-electron chi connectivity index (χ3n) is 9.86. The average Bonchev–Trinajstić information content (AvgIpc) is 3.88. The van der Waals surface area contributed by atoms with Gasteiger partial charge in [-0.1, -0.05) is 121 Å². The van der Waals surface area contributed by atoms with E-state index in [9.17, 15) is 0 Å². The highest BCUT2D eigenvalue weighted by molar-refractivity contribution is 6.28. The summed E-state index contributed by atoms with van der Waals surface area (Å²) in [4.78, 5) is 15.1. The van der Waals surface area contributed by atoms with E-state index in [0.29, 0.717) is 17.5 Å². The molecular formula is C45H26N4O2. The van der Waals surface area contributed by atoms with Crippen molar-refractivity contribution in [3.63, 3.8) is 0 Å². The molecule has 6 nitrogen and oxygen atoms in total. The minimum absolute atomic E-state index is 0.576. The van der Waals surface area contributed by atoms with Gasteiger partial charge in [-0.25, -0.2) is 15.0 Å². The molecule has 11 rings (SSSR count). The molecule has 238 valence electrons. The Labute approximate surface area is 290 Å². The van der Waals surface area contributed by atoms with Crippen LogP contribution in [0.5, 0.6) is 0 Å². The molecule has 4 heterocycles. The predicted octanol–water partition coefficient (Wildman–Crippen LogP) is 11.8. The molecule has 0 aliphatic heterocycles. The number of nitrogens with zero attached hydrogens (tertiary/aromatic N) is 4. The van der Waals surface area contributed by atoms with Crippen LogP contribution in [0.3, 0.4) is 0 Å². The summed E-state index contributed by atoms with van der Waals surface area (Å²) in [5.41, 5.74) is 9.08. The second-order valence-corrected chi connectivity index (χ2v) is 12.8. The van der Waals surface area contributed by atoms with Gasteiger partial charge in [0.2, 0.25) is 0 Å². The van der Waals surface area contributed by atoms with Crippen LogP contribution in [0.1, 0.15) is 0 Å². The molecular weight excluding hydrogens is 629 g/mol. The maximum Gasteiger partial charge on any atom is 0.164 e. The number of furan rings is 2. The lowest BCUT2D eigenvalue weighted by Crippen LogP contribution is -2.00. The van der Waals surface area contributed by atoms with E-state index in [-0.39, 0.29) is 0 Å². The Morgan fingerprint density at radius 1 is 0.373 bits per heavy atom. The SMILES string of the molecule is c1ccc(-c2nc(-c3ccccc3)nc(-c3cccc4oc5ccc6oc7c(-n8c9ccccc9c9ccccc98)cccc7c6c5c34)n2)cc1. The van der Waals surface area contributed by atoms with Crippen LogP contribution in [0.2, 0.25) is 0 Å². The minimum atomic E-state index is 0.576. The first kappa shape index (κ1) is 27.9. The zero-order valence-electron chi connectivity index (χ0n) is 27.1. The smallest absolute Gasteiger partial charge is 0.164 e. The number of para-hydroxylation sites is 3. The van der Waals surface area contributed by atoms with E-state index in [1.807, 2.05) is 84.9 Å². The largest absolute Gasteiger partial charge is 0.456 e. The highest BCUT2D eigenvalue weighted by Crippen LogP contribution is 2.45. The van der Waals surface area contributed by atoms with E-state index in [1.165, 1.54) is 10.8 Å². The normalized spacial score (nSPS) is 11.9. The van der Waals surface area contributed by atoms with Crippen molar-refractivity contribution in [2.75, 3.05) is 0 Å². The third kappa shape index (κ3) is 4.14. The number of aromatic nitrogens is 4. The van der Waals surface area contributed by atoms with E-state index < -0.39 is 0 Å². The third-order valence-corrected chi connectivity index (χ3v) is 9.86. The highest BCUT2D eigenvalue weighted by Gasteiger charge is 2.23. The standard InChI is InChI=1S/C45H26N4O2/c1-3-13-27(14-4-1)43-46-44(28-15-5-2-6-16-28)48-45(47-43)32-20-12-24-36-40(32)41-38(50-36)26-25-37-39(41)31-19-11-23-35(42(31)51-37)49-33-21-9-7-17-29(33)30-18-8-10-22-34(30)49/h1-26H. The lowest BCUT2D eigenvalue weighted by atomic mass is 10.0. The molecule has 0 radical (unpaired) electrons. The van der Waals surface area contributed by atoms with Crippen molar-refractivity contribution < 1.29 is 8.83 Å². The monoisotopic (exact) mass is 654 g/mol. The maximum atomic E-state index is 6.83. The summed E-state index contributed by atoms with van der Waals surface area (Å²) in [6.45, 7) is 0. The summed E-state index contributed by atoms with van der Waals surface area (Å²) >= 11 is 0.